The molecule has 5 heteroatoms. The number of hydrogen-bond acceptors (Lipinski definition) is 5. The minimum Gasteiger partial charge on any atom is -0.489 e. The van der Waals surface area contributed by atoms with Gasteiger partial charge in [-0.05, 0) is 30.4 Å². The van der Waals surface area contributed by atoms with Gasteiger partial charge in [-0.2, -0.15) is 0 Å². The molecule has 0 radical (unpaired) electrons. The Morgan fingerprint density at radius 1 is 1.05 bits per heavy atom. The lowest BCUT2D eigenvalue weighted by Gasteiger charge is -2.05. The quantitative estimate of drug-likeness (QED) is 0.637. The SMILES string of the molecule is C1=Cc2nc(c3ccncc3n2)N=Cc2ccccc2OC1. The second kappa shape index (κ2) is 5.37. The molecular weight excluding hydrogens is 276 g/mol. The number of nitrogens with zero attached hydrogens (tertiary/aromatic N) is 4. The summed E-state index contributed by atoms with van der Waals surface area (Å²) >= 11 is 0. The first-order valence-electron chi connectivity index (χ1n) is 6.94. The van der Waals surface area contributed by atoms with Gasteiger partial charge in [0.05, 0.1) is 11.7 Å². The van der Waals surface area contributed by atoms with Gasteiger partial charge >= 0.3 is 0 Å². The Balaban J connectivity index is 1.94. The summed E-state index contributed by atoms with van der Waals surface area (Å²) in [5.41, 5.74) is 1.69. The van der Waals surface area contributed by atoms with Gasteiger partial charge < -0.3 is 4.74 Å². The third-order valence-corrected chi connectivity index (χ3v) is 3.34. The monoisotopic (exact) mass is 288 g/mol. The Morgan fingerprint density at radius 2 is 2.00 bits per heavy atom. The van der Waals surface area contributed by atoms with E-state index in [-0.39, 0.29) is 0 Å². The molecule has 2 aromatic heterocycles. The molecule has 1 aliphatic heterocycles. The molecule has 3 aromatic rings. The Labute approximate surface area is 127 Å². The van der Waals surface area contributed by atoms with Gasteiger partial charge in [0.25, 0.3) is 0 Å². The topological polar surface area (TPSA) is 60.3 Å². The van der Waals surface area contributed by atoms with E-state index < -0.39 is 0 Å². The zero-order valence-electron chi connectivity index (χ0n) is 11.7. The molecule has 0 fully saturated rings. The minimum absolute atomic E-state index is 0.453. The first-order chi connectivity index (χ1) is 10.9. The summed E-state index contributed by atoms with van der Waals surface area (Å²) in [5, 5.41) is 0.876. The molecule has 0 saturated heterocycles. The molecule has 0 atom stereocenters. The average Bonchev–Trinajstić information content (AvgIpc) is 2.59. The Bertz CT molecular complexity index is 902. The highest BCUT2D eigenvalue weighted by atomic mass is 16.5. The van der Waals surface area contributed by atoms with Crippen LogP contribution in [0.2, 0.25) is 0 Å². The van der Waals surface area contributed by atoms with Gasteiger partial charge in [0.1, 0.15) is 12.4 Å². The van der Waals surface area contributed by atoms with E-state index in [1.807, 2.05) is 42.5 Å². The van der Waals surface area contributed by atoms with Crippen LogP contribution in [0.15, 0.2) is 53.8 Å². The van der Waals surface area contributed by atoms with Gasteiger partial charge in [0.2, 0.25) is 0 Å². The summed E-state index contributed by atoms with van der Waals surface area (Å²) in [6.07, 6.45) is 8.93. The molecule has 2 bridgehead atoms. The van der Waals surface area contributed by atoms with Crippen LogP contribution in [0.3, 0.4) is 0 Å². The second-order valence-corrected chi connectivity index (χ2v) is 4.81. The van der Waals surface area contributed by atoms with E-state index in [9.17, 15) is 0 Å². The van der Waals surface area contributed by atoms with Crippen LogP contribution in [0.25, 0.3) is 17.0 Å². The molecule has 0 spiro atoms. The van der Waals surface area contributed by atoms with Crippen LogP contribution in [0, 0.1) is 0 Å². The molecule has 22 heavy (non-hydrogen) atoms. The Morgan fingerprint density at radius 3 is 3.00 bits per heavy atom. The lowest BCUT2D eigenvalue weighted by atomic mass is 10.2. The Kier molecular flexibility index (Phi) is 3.08. The molecular formula is C17H12N4O. The van der Waals surface area contributed by atoms with Crippen LogP contribution >= 0.6 is 0 Å². The predicted molar refractivity (Wildman–Crippen MR) is 85.6 cm³/mol. The van der Waals surface area contributed by atoms with Crippen molar-refractivity contribution in [2.24, 2.45) is 4.99 Å². The van der Waals surface area contributed by atoms with Crippen LogP contribution in [0.4, 0.5) is 5.82 Å². The van der Waals surface area contributed by atoms with Crippen molar-refractivity contribution in [3.8, 4) is 5.75 Å². The average molecular weight is 288 g/mol. The van der Waals surface area contributed by atoms with E-state index in [1.165, 1.54) is 0 Å². The number of hydrogen-bond donors (Lipinski definition) is 0. The van der Waals surface area contributed by atoms with Gasteiger partial charge in [0, 0.05) is 23.4 Å². The van der Waals surface area contributed by atoms with Crippen LogP contribution in [-0.2, 0) is 0 Å². The summed E-state index contributed by atoms with van der Waals surface area (Å²) in [6, 6.07) is 9.66. The molecule has 1 aliphatic rings. The van der Waals surface area contributed by atoms with Crippen molar-refractivity contribution in [1.29, 1.82) is 0 Å². The predicted octanol–water partition coefficient (Wildman–Crippen LogP) is 3.18. The van der Waals surface area contributed by atoms with E-state index in [0.717, 1.165) is 22.2 Å². The van der Waals surface area contributed by atoms with E-state index in [2.05, 4.69) is 19.9 Å². The molecule has 0 unspecified atom stereocenters. The summed E-state index contributed by atoms with van der Waals surface area (Å²) in [5.74, 6) is 2.02. The third-order valence-electron chi connectivity index (χ3n) is 3.34. The number of ether oxygens (including phenoxy) is 1. The fourth-order valence-electron chi connectivity index (χ4n) is 2.30. The minimum atomic E-state index is 0.453. The fraction of sp³-hybridized carbons (Fsp3) is 0.0588. The molecule has 3 heterocycles. The van der Waals surface area contributed by atoms with Crippen LogP contribution in [-0.4, -0.2) is 27.8 Å². The van der Waals surface area contributed by atoms with Gasteiger partial charge in [-0.1, -0.05) is 12.1 Å². The molecule has 4 rings (SSSR count). The number of benzene rings is 1. The zero-order chi connectivity index (χ0) is 14.8. The molecule has 0 saturated carbocycles. The second-order valence-electron chi connectivity index (χ2n) is 4.81. The van der Waals surface area contributed by atoms with E-state index in [0.29, 0.717) is 18.2 Å². The maximum atomic E-state index is 5.75. The molecule has 0 amide bonds. The van der Waals surface area contributed by atoms with Crippen LogP contribution in [0.5, 0.6) is 5.75 Å². The summed E-state index contributed by atoms with van der Waals surface area (Å²) in [7, 11) is 0. The van der Waals surface area contributed by atoms with E-state index in [4.69, 9.17) is 4.74 Å². The van der Waals surface area contributed by atoms with Crippen LogP contribution in [0.1, 0.15) is 11.4 Å². The maximum Gasteiger partial charge on any atom is 0.163 e. The highest BCUT2D eigenvalue weighted by Crippen LogP contribution is 2.24. The number of para-hydroxylation sites is 1. The molecule has 5 nitrogen and oxygen atoms in total. The smallest absolute Gasteiger partial charge is 0.163 e. The maximum absolute atomic E-state index is 5.75. The standard InChI is InChI=1S/C17H12N4O/c1-2-5-15-12(4-1)10-19-17-13-7-8-18-11-14(13)20-16(21-17)6-3-9-22-15/h1-8,10-11H,9H2. The first kappa shape index (κ1) is 12.6. The highest BCUT2D eigenvalue weighted by Gasteiger charge is 2.07. The van der Waals surface area contributed by atoms with Crippen molar-refractivity contribution in [2.75, 3.05) is 6.61 Å². The zero-order valence-corrected chi connectivity index (χ0v) is 11.7. The number of rotatable bonds is 0. The van der Waals surface area contributed by atoms with E-state index in [1.54, 1.807) is 18.6 Å². The number of aromatic nitrogens is 3. The van der Waals surface area contributed by atoms with Crippen molar-refractivity contribution in [3.05, 3.63) is 60.2 Å². The van der Waals surface area contributed by atoms with Crippen molar-refractivity contribution in [3.63, 3.8) is 0 Å². The fourth-order valence-corrected chi connectivity index (χ4v) is 2.30. The van der Waals surface area contributed by atoms with Gasteiger partial charge in [-0.15, -0.1) is 0 Å². The van der Waals surface area contributed by atoms with Crippen molar-refractivity contribution in [2.45, 2.75) is 0 Å². The normalized spacial score (nSPS) is 13.3. The highest BCUT2D eigenvalue weighted by molar-refractivity contribution is 5.92. The summed E-state index contributed by atoms with van der Waals surface area (Å²) < 4.78 is 5.75. The molecule has 0 N–H and O–H groups in total. The van der Waals surface area contributed by atoms with Crippen molar-refractivity contribution in [1.82, 2.24) is 15.0 Å². The molecule has 106 valence electrons. The molecule has 0 aliphatic carbocycles. The number of fused-ring (bicyclic) bond motifs is 5. The summed E-state index contributed by atoms with van der Waals surface area (Å²) in [4.78, 5) is 17.6. The number of aliphatic imine (C=N–C) groups is 1. The molecule has 1 aromatic carbocycles. The van der Waals surface area contributed by atoms with Gasteiger partial charge in [-0.3, -0.25) is 4.98 Å². The first-order valence-corrected chi connectivity index (χ1v) is 6.94. The largest absolute Gasteiger partial charge is 0.489 e. The Hall–Kier alpha value is -3.08. The van der Waals surface area contributed by atoms with E-state index >= 15 is 0 Å². The van der Waals surface area contributed by atoms with Crippen molar-refractivity contribution < 1.29 is 4.74 Å². The third kappa shape index (κ3) is 2.33. The van der Waals surface area contributed by atoms with Crippen molar-refractivity contribution >= 4 is 29.0 Å². The number of pyridine rings is 1. The lowest BCUT2D eigenvalue weighted by Crippen LogP contribution is -1.96. The van der Waals surface area contributed by atoms with Crippen LogP contribution < -0.4 is 4.74 Å². The lowest BCUT2D eigenvalue weighted by molar-refractivity contribution is 0.363. The van der Waals surface area contributed by atoms with Gasteiger partial charge in [-0.25, -0.2) is 15.0 Å². The van der Waals surface area contributed by atoms with Gasteiger partial charge in [0.15, 0.2) is 11.6 Å². The summed E-state index contributed by atoms with van der Waals surface area (Å²) in [6.45, 7) is 0.453.